The Hall–Kier alpha value is -2.29. The third-order valence-electron chi connectivity index (χ3n) is 2.84. The second-order valence-electron chi connectivity index (χ2n) is 4.27. The van der Waals surface area contributed by atoms with Crippen LogP contribution in [0.2, 0.25) is 0 Å². The van der Waals surface area contributed by atoms with Gasteiger partial charge in [0.15, 0.2) is 0 Å². The van der Waals surface area contributed by atoms with Crippen molar-refractivity contribution in [3.63, 3.8) is 0 Å². The van der Waals surface area contributed by atoms with Gasteiger partial charge in [-0.25, -0.2) is 0 Å². The second-order valence-corrected chi connectivity index (χ2v) is 4.27. The summed E-state index contributed by atoms with van der Waals surface area (Å²) in [7, 11) is 0. The maximum absolute atomic E-state index is 10.6. The molecule has 0 aliphatic carbocycles. The van der Waals surface area contributed by atoms with Crippen LogP contribution in [0, 0.1) is 6.92 Å². The molecule has 2 rings (SSSR count). The zero-order valence-electron chi connectivity index (χ0n) is 10.1. The van der Waals surface area contributed by atoms with Crippen LogP contribution in [0.4, 0.5) is 0 Å². The number of hydrogen-bond donors (Lipinski definition) is 2. The molecule has 0 amide bonds. The molecule has 0 aromatic heterocycles. The summed E-state index contributed by atoms with van der Waals surface area (Å²) in [5.41, 5.74) is 3.61. The fraction of sp³-hybridized carbons (Fsp3) is 0.133. The van der Waals surface area contributed by atoms with Crippen molar-refractivity contribution < 1.29 is 15.0 Å². The Morgan fingerprint density at radius 1 is 1.06 bits per heavy atom. The van der Waals surface area contributed by atoms with E-state index in [-0.39, 0.29) is 12.2 Å². The molecule has 3 heteroatoms. The van der Waals surface area contributed by atoms with Crippen LogP contribution in [0.25, 0.3) is 11.1 Å². The molecule has 0 aliphatic rings. The standard InChI is InChI=1S/C15H14O3/c1-10-8-13(6-7-14(10)16)12-4-2-11(3-5-12)9-15(17)18/h2-8,16H,9H2,1H3,(H,17,18). The van der Waals surface area contributed by atoms with Gasteiger partial charge in [0, 0.05) is 0 Å². The molecule has 0 unspecified atom stereocenters. The number of hydrogen-bond acceptors (Lipinski definition) is 2. The predicted octanol–water partition coefficient (Wildman–Crippen LogP) is 2.99. The molecule has 0 radical (unpaired) electrons. The summed E-state index contributed by atoms with van der Waals surface area (Å²) in [6, 6.07) is 12.8. The first-order valence-corrected chi connectivity index (χ1v) is 5.67. The molecule has 2 N–H and O–H groups in total. The molecule has 0 saturated heterocycles. The van der Waals surface area contributed by atoms with Crippen molar-refractivity contribution in [1.82, 2.24) is 0 Å². The lowest BCUT2D eigenvalue weighted by molar-refractivity contribution is -0.136. The number of aromatic hydroxyl groups is 1. The molecule has 0 heterocycles. The first-order valence-electron chi connectivity index (χ1n) is 5.67. The van der Waals surface area contributed by atoms with E-state index >= 15 is 0 Å². The van der Waals surface area contributed by atoms with Crippen molar-refractivity contribution in [3.8, 4) is 16.9 Å². The number of carboxylic acids is 1. The zero-order chi connectivity index (χ0) is 13.1. The highest BCUT2D eigenvalue weighted by atomic mass is 16.4. The first kappa shape index (κ1) is 12.2. The quantitative estimate of drug-likeness (QED) is 0.869. The summed E-state index contributed by atoms with van der Waals surface area (Å²) in [5.74, 6) is -0.551. The smallest absolute Gasteiger partial charge is 0.307 e. The summed E-state index contributed by atoms with van der Waals surface area (Å²) < 4.78 is 0. The minimum atomic E-state index is -0.830. The van der Waals surface area contributed by atoms with E-state index < -0.39 is 5.97 Å². The number of rotatable bonds is 3. The number of carboxylic acid groups (broad SMARTS) is 1. The van der Waals surface area contributed by atoms with Crippen molar-refractivity contribution in [1.29, 1.82) is 0 Å². The monoisotopic (exact) mass is 242 g/mol. The lowest BCUT2D eigenvalue weighted by Crippen LogP contribution is -1.99. The van der Waals surface area contributed by atoms with Gasteiger partial charge in [-0.15, -0.1) is 0 Å². The summed E-state index contributed by atoms with van der Waals surface area (Å²) in [6.07, 6.45) is 0.0366. The van der Waals surface area contributed by atoms with Gasteiger partial charge in [-0.2, -0.15) is 0 Å². The van der Waals surface area contributed by atoms with E-state index in [1.165, 1.54) is 0 Å². The lowest BCUT2D eigenvalue weighted by atomic mass is 10.0. The van der Waals surface area contributed by atoms with E-state index in [1.54, 1.807) is 6.07 Å². The SMILES string of the molecule is Cc1cc(-c2ccc(CC(=O)O)cc2)ccc1O. The Labute approximate surface area is 105 Å². The number of benzene rings is 2. The number of phenolic OH excluding ortho intramolecular Hbond substituents is 1. The molecule has 0 bridgehead atoms. The molecule has 0 saturated carbocycles. The number of phenols is 1. The van der Waals surface area contributed by atoms with Crippen LogP contribution in [0.5, 0.6) is 5.75 Å². The van der Waals surface area contributed by atoms with E-state index in [2.05, 4.69) is 0 Å². The Kier molecular flexibility index (Phi) is 3.33. The maximum Gasteiger partial charge on any atom is 0.307 e. The summed E-state index contributed by atoms with van der Waals surface area (Å²) >= 11 is 0. The molecule has 0 spiro atoms. The number of aryl methyl sites for hydroxylation is 1. The Morgan fingerprint density at radius 3 is 2.22 bits per heavy atom. The van der Waals surface area contributed by atoms with Crippen molar-refractivity contribution in [2.75, 3.05) is 0 Å². The average Bonchev–Trinajstić information content (AvgIpc) is 2.33. The van der Waals surface area contributed by atoms with E-state index in [0.717, 1.165) is 22.3 Å². The third kappa shape index (κ3) is 2.69. The van der Waals surface area contributed by atoms with Gasteiger partial charge in [-0.1, -0.05) is 30.3 Å². The predicted molar refractivity (Wildman–Crippen MR) is 69.6 cm³/mol. The molecule has 2 aromatic rings. The van der Waals surface area contributed by atoms with Gasteiger partial charge in [0.1, 0.15) is 5.75 Å². The molecule has 0 fully saturated rings. The Balaban J connectivity index is 2.28. The van der Waals surface area contributed by atoms with E-state index in [4.69, 9.17) is 5.11 Å². The van der Waals surface area contributed by atoms with Crippen LogP contribution >= 0.6 is 0 Å². The molecule has 18 heavy (non-hydrogen) atoms. The molecule has 0 aliphatic heterocycles. The lowest BCUT2D eigenvalue weighted by Gasteiger charge is -2.05. The molecular weight excluding hydrogens is 228 g/mol. The van der Waals surface area contributed by atoms with Gasteiger partial charge in [0.05, 0.1) is 6.42 Å². The topological polar surface area (TPSA) is 57.5 Å². The average molecular weight is 242 g/mol. The largest absolute Gasteiger partial charge is 0.508 e. The normalized spacial score (nSPS) is 10.3. The zero-order valence-corrected chi connectivity index (χ0v) is 10.1. The highest BCUT2D eigenvalue weighted by molar-refractivity contribution is 5.71. The van der Waals surface area contributed by atoms with Crippen LogP contribution in [0.15, 0.2) is 42.5 Å². The number of carbonyl (C=O) groups is 1. The highest BCUT2D eigenvalue weighted by Gasteiger charge is 2.03. The first-order chi connectivity index (χ1) is 8.56. The summed E-state index contributed by atoms with van der Waals surface area (Å²) in [5, 5.41) is 18.2. The highest BCUT2D eigenvalue weighted by Crippen LogP contribution is 2.25. The van der Waals surface area contributed by atoms with Crippen molar-refractivity contribution in [2.24, 2.45) is 0 Å². The minimum absolute atomic E-state index is 0.0366. The maximum atomic E-state index is 10.6. The van der Waals surface area contributed by atoms with Gasteiger partial charge in [-0.3, -0.25) is 4.79 Å². The van der Waals surface area contributed by atoms with Crippen molar-refractivity contribution in [3.05, 3.63) is 53.6 Å². The minimum Gasteiger partial charge on any atom is -0.508 e. The molecule has 0 atom stereocenters. The van der Waals surface area contributed by atoms with Gasteiger partial charge < -0.3 is 10.2 Å². The van der Waals surface area contributed by atoms with E-state index in [1.807, 2.05) is 43.3 Å². The second kappa shape index (κ2) is 4.92. The van der Waals surface area contributed by atoms with E-state index in [9.17, 15) is 9.90 Å². The fourth-order valence-electron chi connectivity index (χ4n) is 1.82. The molecule has 2 aromatic carbocycles. The Bertz CT molecular complexity index is 571. The van der Waals surface area contributed by atoms with E-state index in [0.29, 0.717) is 0 Å². The molecule has 92 valence electrons. The fourth-order valence-corrected chi connectivity index (χ4v) is 1.82. The molecule has 3 nitrogen and oxygen atoms in total. The van der Waals surface area contributed by atoms with Gasteiger partial charge >= 0.3 is 5.97 Å². The molecular formula is C15H14O3. The summed E-state index contributed by atoms with van der Waals surface area (Å²) in [6.45, 7) is 1.84. The number of aliphatic carboxylic acids is 1. The van der Waals surface area contributed by atoms with Crippen LogP contribution in [0.3, 0.4) is 0 Å². The van der Waals surface area contributed by atoms with Crippen LogP contribution in [-0.4, -0.2) is 16.2 Å². The van der Waals surface area contributed by atoms with Crippen LogP contribution in [0.1, 0.15) is 11.1 Å². The van der Waals surface area contributed by atoms with Crippen molar-refractivity contribution >= 4 is 5.97 Å². The third-order valence-corrected chi connectivity index (χ3v) is 2.84. The van der Waals surface area contributed by atoms with Crippen LogP contribution in [-0.2, 0) is 11.2 Å². The summed E-state index contributed by atoms with van der Waals surface area (Å²) in [4.78, 5) is 10.6. The van der Waals surface area contributed by atoms with Crippen LogP contribution < -0.4 is 0 Å². The Morgan fingerprint density at radius 2 is 1.67 bits per heavy atom. The van der Waals surface area contributed by atoms with Gasteiger partial charge in [0.2, 0.25) is 0 Å². The van der Waals surface area contributed by atoms with Crippen molar-refractivity contribution in [2.45, 2.75) is 13.3 Å². The van der Waals surface area contributed by atoms with Gasteiger partial charge in [0.25, 0.3) is 0 Å². The van der Waals surface area contributed by atoms with Gasteiger partial charge in [-0.05, 0) is 41.3 Å².